The van der Waals surface area contributed by atoms with Crippen molar-refractivity contribution in [1.29, 1.82) is 0 Å². The summed E-state index contributed by atoms with van der Waals surface area (Å²) in [6.45, 7) is 0.565. The average molecular weight is 436 g/mol. The van der Waals surface area contributed by atoms with Crippen molar-refractivity contribution in [2.45, 2.75) is 25.3 Å². The number of pyridine rings is 1. The Hall–Kier alpha value is -3.38. The number of nitrogens with one attached hydrogen (secondary N) is 1. The molecule has 3 aromatic rings. The molecule has 0 saturated carbocycles. The van der Waals surface area contributed by atoms with Crippen LogP contribution in [0, 0.1) is 0 Å². The highest BCUT2D eigenvalue weighted by Crippen LogP contribution is 2.21. The summed E-state index contributed by atoms with van der Waals surface area (Å²) in [6.07, 6.45) is 3.34. The fourth-order valence-corrected chi connectivity index (χ4v) is 3.91. The predicted octanol–water partition coefficient (Wildman–Crippen LogP) is 3.66. The molecule has 31 heavy (non-hydrogen) atoms. The van der Waals surface area contributed by atoms with Crippen molar-refractivity contribution in [2.75, 3.05) is 11.9 Å². The molecule has 2 heterocycles. The van der Waals surface area contributed by atoms with Crippen LogP contribution in [0.2, 0.25) is 5.02 Å². The normalized spacial score (nSPS) is 15.6. The molecule has 0 bridgehead atoms. The SMILES string of the molecule is O=C(Nc1ccc(Cl)cc1)[C@@H]1CCCN1C(=O)Cc1ccc(-n2ccccc2=O)cc1. The third kappa shape index (κ3) is 4.86. The Morgan fingerprint density at radius 2 is 1.74 bits per heavy atom. The molecule has 2 aromatic carbocycles. The Labute approximate surface area is 185 Å². The number of halogens is 1. The van der Waals surface area contributed by atoms with E-state index < -0.39 is 6.04 Å². The highest BCUT2D eigenvalue weighted by atomic mass is 35.5. The Balaban J connectivity index is 1.41. The maximum Gasteiger partial charge on any atom is 0.255 e. The quantitative estimate of drug-likeness (QED) is 0.664. The summed E-state index contributed by atoms with van der Waals surface area (Å²) in [7, 11) is 0. The first-order valence-corrected chi connectivity index (χ1v) is 10.5. The molecule has 4 rings (SSSR count). The van der Waals surface area contributed by atoms with Gasteiger partial charge in [0, 0.05) is 35.2 Å². The zero-order valence-corrected chi connectivity index (χ0v) is 17.6. The Bertz CT molecular complexity index is 1140. The van der Waals surface area contributed by atoms with Gasteiger partial charge in [-0.1, -0.05) is 29.8 Å². The molecule has 1 N–H and O–H groups in total. The Morgan fingerprint density at radius 3 is 2.45 bits per heavy atom. The van der Waals surface area contributed by atoms with Crippen LogP contribution in [0.25, 0.3) is 5.69 Å². The van der Waals surface area contributed by atoms with Gasteiger partial charge in [0.05, 0.1) is 6.42 Å². The number of benzene rings is 2. The van der Waals surface area contributed by atoms with E-state index in [9.17, 15) is 14.4 Å². The highest BCUT2D eigenvalue weighted by Gasteiger charge is 2.33. The van der Waals surface area contributed by atoms with E-state index in [0.717, 1.165) is 17.7 Å². The molecule has 1 fully saturated rings. The number of hydrogen-bond donors (Lipinski definition) is 1. The largest absolute Gasteiger partial charge is 0.330 e. The van der Waals surface area contributed by atoms with Crippen LogP contribution in [0.3, 0.4) is 0 Å². The van der Waals surface area contributed by atoms with Crippen LogP contribution in [0.4, 0.5) is 5.69 Å². The molecule has 2 amide bonds. The fraction of sp³-hybridized carbons (Fsp3) is 0.208. The fourth-order valence-electron chi connectivity index (χ4n) is 3.79. The first-order valence-electron chi connectivity index (χ1n) is 10.1. The third-order valence-electron chi connectivity index (χ3n) is 5.38. The molecule has 7 heteroatoms. The van der Waals surface area contributed by atoms with Crippen molar-refractivity contribution < 1.29 is 9.59 Å². The summed E-state index contributed by atoms with van der Waals surface area (Å²) in [5.41, 5.74) is 2.11. The van der Waals surface area contributed by atoms with E-state index in [-0.39, 0.29) is 23.8 Å². The Kier molecular flexibility index (Phi) is 6.18. The smallest absolute Gasteiger partial charge is 0.255 e. The lowest BCUT2D eigenvalue weighted by atomic mass is 10.1. The summed E-state index contributed by atoms with van der Waals surface area (Å²) >= 11 is 5.89. The van der Waals surface area contributed by atoms with Crippen LogP contribution < -0.4 is 10.9 Å². The number of likely N-dealkylation sites (tertiary alicyclic amines) is 1. The molecule has 0 spiro atoms. The molecule has 0 radical (unpaired) electrons. The molecule has 1 aliphatic rings. The Morgan fingerprint density at radius 1 is 1.00 bits per heavy atom. The van der Waals surface area contributed by atoms with E-state index >= 15 is 0 Å². The van der Waals surface area contributed by atoms with E-state index in [1.165, 1.54) is 6.07 Å². The predicted molar refractivity (Wildman–Crippen MR) is 121 cm³/mol. The third-order valence-corrected chi connectivity index (χ3v) is 5.63. The van der Waals surface area contributed by atoms with Crippen molar-refractivity contribution in [1.82, 2.24) is 9.47 Å². The van der Waals surface area contributed by atoms with Crippen LogP contribution >= 0.6 is 11.6 Å². The molecule has 0 aliphatic carbocycles. The van der Waals surface area contributed by atoms with Crippen molar-refractivity contribution in [3.8, 4) is 5.69 Å². The summed E-state index contributed by atoms with van der Waals surface area (Å²) in [5.74, 6) is -0.273. The van der Waals surface area contributed by atoms with Gasteiger partial charge in [0.25, 0.3) is 5.56 Å². The first kappa shape index (κ1) is 20.9. The van der Waals surface area contributed by atoms with Gasteiger partial charge in [0.1, 0.15) is 6.04 Å². The van der Waals surface area contributed by atoms with Gasteiger partial charge in [-0.25, -0.2) is 0 Å². The molecule has 158 valence electrons. The summed E-state index contributed by atoms with van der Waals surface area (Å²) in [4.78, 5) is 39.3. The molecule has 1 aliphatic heterocycles. The number of amides is 2. The van der Waals surface area contributed by atoms with E-state index in [4.69, 9.17) is 11.6 Å². The minimum Gasteiger partial charge on any atom is -0.330 e. The molecular weight excluding hydrogens is 414 g/mol. The number of carbonyl (C=O) groups is 2. The second-order valence-electron chi connectivity index (χ2n) is 7.49. The van der Waals surface area contributed by atoms with Gasteiger partial charge in [-0.05, 0) is 60.9 Å². The highest BCUT2D eigenvalue weighted by molar-refractivity contribution is 6.30. The zero-order chi connectivity index (χ0) is 21.8. The van der Waals surface area contributed by atoms with E-state index in [2.05, 4.69) is 5.32 Å². The van der Waals surface area contributed by atoms with E-state index in [1.807, 2.05) is 24.3 Å². The first-order chi connectivity index (χ1) is 15.0. The van der Waals surface area contributed by atoms with Crippen LogP contribution in [0.1, 0.15) is 18.4 Å². The van der Waals surface area contributed by atoms with E-state index in [1.54, 1.807) is 52.1 Å². The van der Waals surface area contributed by atoms with Gasteiger partial charge >= 0.3 is 0 Å². The lowest BCUT2D eigenvalue weighted by molar-refractivity contribution is -0.136. The van der Waals surface area contributed by atoms with Gasteiger partial charge in [-0.3, -0.25) is 19.0 Å². The van der Waals surface area contributed by atoms with Gasteiger partial charge < -0.3 is 10.2 Å². The topological polar surface area (TPSA) is 71.4 Å². The summed E-state index contributed by atoms with van der Waals surface area (Å²) in [6, 6.07) is 18.7. The molecule has 0 unspecified atom stereocenters. The lowest BCUT2D eigenvalue weighted by Gasteiger charge is -2.24. The molecular formula is C24H22ClN3O3. The maximum absolute atomic E-state index is 12.9. The van der Waals surface area contributed by atoms with Crippen LogP contribution in [-0.2, 0) is 16.0 Å². The number of rotatable bonds is 5. The minimum absolute atomic E-state index is 0.0848. The van der Waals surface area contributed by atoms with Crippen LogP contribution in [-0.4, -0.2) is 33.9 Å². The average Bonchev–Trinajstić information content (AvgIpc) is 3.27. The molecule has 1 atom stereocenters. The van der Waals surface area contributed by atoms with Crippen molar-refractivity contribution >= 4 is 29.1 Å². The summed E-state index contributed by atoms with van der Waals surface area (Å²) < 4.78 is 1.54. The van der Waals surface area contributed by atoms with Crippen LogP contribution in [0.15, 0.2) is 77.7 Å². The second-order valence-corrected chi connectivity index (χ2v) is 7.93. The number of nitrogens with zero attached hydrogens (tertiary/aromatic N) is 2. The van der Waals surface area contributed by atoms with Gasteiger partial charge in [-0.2, -0.15) is 0 Å². The number of aromatic nitrogens is 1. The maximum atomic E-state index is 12.9. The van der Waals surface area contributed by atoms with Gasteiger partial charge in [-0.15, -0.1) is 0 Å². The minimum atomic E-state index is -0.481. The lowest BCUT2D eigenvalue weighted by Crippen LogP contribution is -2.43. The van der Waals surface area contributed by atoms with Crippen molar-refractivity contribution in [2.24, 2.45) is 0 Å². The van der Waals surface area contributed by atoms with E-state index in [0.29, 0.717) is 23.7 Å². The molecule has 6 nitrogen and oxygen atoms in total. The van der Waals surface area contributed by atoms with Crippen molar-refractivity contribution in [3.05, 3.63) is 93.9 Å². The molecule has 1 saturated heterocycles. The molecule has 1 aromatic heterocycles. The van der Waals surface area contributed by atoms with Crippen molar-refractivity contribution in [3.63, 3.8) is 0 Å². The number of anilines is 1. The van der Waals surface area contributed by atoms with Gasteiger partial charge in [0.2, 0.25) is 11.8 Å². The number of hydrogen-bond acceptors (Lipinski definition) is 3. The van der Waals surface area contributed by atoms with Crippen LogP contribution in [0.5, 0.6) is 0 Å². The summed E-state index contributed by atoms with van der Waals surface area (Å²) in [5, 5.41) is 3.46. The number of carbonyl (C=O) groups excluding carboxylic acids is 2. The standard InChI is InChI=1S/C24H22ClN3O3/c25-18-8-10-19(11-9-18)26-24(31)21-4-3-15-28(21)23(30)16-17-6-12-20(13-7-17)27-14-2-1-5-22(27)29/h1-2,5-14,21H,3-4,15-16H2,(H,26,31)/t21-/m0/s1. The monoisotopic (exact) mass is 435 g/mol. The van der Waals surface area contributed by atoms with Gasteiger partial charge in [0.15, 0.2) is 0 Å². The second kappa shape index (κ2) is 9.18. The zero-order valence-electron chi connectivity index (χ0n) is 16.8.